The maximum absolute atomic E-state index is 12.9. The quantitative estimate of drug-likeness (QED) is 0.227. The van der Waals surface area contributed by atoms with E-state index in [-0.39, 0.29) is 36.2 Å². The number of Topliss-reactive ketones (excluding diaryl/α,β-unsaturated/α-hetero) is 1. The molecule has 3 heterocycles. The number of nitrogens with zero attached hydrogens (tertiary/aromatic N) is 4. The van der Waals surface area contributed by atoms with Gasteiger partial charge in [0.15, 0.2) is 5.78 Å². The van der Waals surface area contributed by atoms with Gasteiger partial charge in [-0.3, -0.25) is 14.3 Å². The van der Waals surface area contributed by atoms with Crippen molar-refractivity contribution in [2.75, 3.05) is 18.1 Å². The normalized spacial score (nSPS) is 19.7. The summed E-state index contributed by atoms with van der Waals surface area (Å²) >= 11 is 5.57. The number of amides is 1. The van der Waals surface area contributed by atoms with E-state index in [1.807, 2.05) is 26.0 Å². The van der Waals surface area contributed by atoms with Crippen LogP contribution in [-0.4, -0.2) is 56.8 Å². The third kappa shape index (κ3) is 5.67. The summed E-state index contributed by atoms with van der Waals surface area (Å²) in [6, 6.07) is 10.5. The Morgan fingerprint density at radius 3 is 2.58 bits per heavy atom. The van der Waals surface area contributed by atoms with Gasteiger partial charge in [0.25, 0.3) is 0 Å². The topological polar surface area (TPSA) is 123 Å². The zero-order chi connectivity index (χ0) is 26.4. The molecule has 1 amide bonds. The summed E-state index contributed by atoms with van der Waals surface area (Å²) in [7, 11) is 1.80. The molecule has 3 atom stereocenters. The van der Waals surface area contributed by atoms with Crippen molar-refractivity contribution in [2.24, 2.45) is 5.92 Å². The summed E-state index contributed by atoms with van der Waals surface area (Å²) < 4.78 is 1.54. The molecule has 3 aromatic rings. The second-order valence-electron chi connectivity index (χ2n) is 8.59. The molecule has 5 rings (SSSR count). The van der Waals surface area contributed by atoms with Gasteiger partial charge in [0.05, 0.1) is 11.6 Å². The van der Waals surface area contributed by atoms with E-state index < -0.39 is 0 Å². The average Bonchev–Trinajstić information content (AvgIpc) is 3.58. The van der Waals surface area contributed by atoms with Crippen LogP contribution in [0.3, 0.4) is 0 Å². The Kier molecular flexibility index (Phi) is 9.03. The summed E-state index contributed by atoms with van der Waals surface area (Å²) in [5, 5.41) is 8.37. The molecule has 1 saturated heterocycles. The van der Waals surface area contributed by atoms with Crippen molar-refractivity contribution in [1.82, 2.24) is 19.7 Å². The lowest BCUT2D eigenvalue weighted by Gasteiger charge is -2.32. The number of nitrogens with two attached hydrogens (primary N) is 1. The van der Waals surface area contributed by atoms with Gasteiger partial charge in [0.2, 0.25) is 5.91 Å². The molecule has 1 aliphatic heterocycles. The van der Waals surface area contributed by atoms with Gasteiger partial charge in [-0.25, -0.2) is 4.98 Å². The van der Waals surface area contributed by atoms with E-state index in [1.54, 1.807) is 40.9 Å². The monoisotopic (exact) mass is 512 g/mol. The number of halogens is 1. The maximum atomic E-state index is 12.9. The number of carbonyl (C=O) groups is 3. The first-order valence-electron chi connectivity index (χ1n) is 12.2. The van der Waals surface area contributed by atoms with E-state index in [4.69, 9.17) is 17.3 Å². The average molecular weight is 513 g/mol. The third-order valence-corrected chi connectivity index (χ3v) is 6.65. The second-order valence-corrected chi connectivity index (χ2v) is 8.98. The predicted octanol–water partition coefficient (Wildman–Crippen LogP) is 4.20. The van der Waals surface area contributed by atoms with Crippen molar-refractivity contribution >= 4 is 52.0 Å². The van der Waals surface area contributed by atoms with E-state index in [0.717, 1.165) is 31.4 Å². The first-order valence-corrected chi connectivity index (χ1v) is 12.5. The van der Waals surface area contributed by atoms with Gasteiger partial charge in [-0.1, -0.05) is 31.5 Å². The van der Waals surface area contributed by atoms with Gasteiger partial charge < -0.3 is 20.7 Å². The molecule has 10 heteroatoms. The summed E-state index contributed by atoms with van der Waals surface area (Å²) in [6.07, 6.45) is 3.76. The molecule has 2 bridgehead atoms. The molecule has 3 N–H and O–H groups in total. The van der Waals surface area contributed by atoms with Crippen molar-refractivity contribution in [2.45, 2.75) is 58.7 Å². The Morgan fingerprint density at radius 1 is 1.22 bits per heavy atom. The summed E-state index contributed by atoms with van der Waals surface area (Å²) in [5.41, 5.74) is 7.36. The number of hydrogen-bond donors (Lipinski definition) is 2. The van der Waals surface area contributed by atoms with Crippen LogP contribution in [-0.2, 0) is 16.1 Å². The Labute approximate surface area is 216 Å². The third-order valence-electron chi connectivity index (χ3n) is 6.43. The zero-order valence-electron chi connectivity index (χ0n) is 21.1. The number of benzene rings is 1. The van der Waals surface area contributed by atoms with Crippen molar-refractivity contribution in [3.63, 3.8) is 0 Å². The number of carbonyl (C=O) groups excluding carboxylic acids is 3. The van der Waals surface area contributed by atoms with Crippen molar-refractivity contribution in [3.8, 4) is 0 Å². The summed E-state index contributed by atoms with van der Waals surface area (Å²) in [4.78, 5) is 41.8. The molecule has 1 aliphatic carbocycles. The fourth-order valence-electron chi connectivity index (χ4n) is 4.91. The van der Waals surface area contributed by atoms with Crippen LogP contribution in [0, 0.1) is 5.92 Å². The Morgan fingerprint density at radius 2 is 1.97 bits per heavy atom. The lowest BCUT2D eigenvalue weighted by molar-refractivity contribution is -0.139. The van der Waals surface area contributed by atoms with Crippen LogP contribution >= 0.6 is 11.6 Å². The smallest absolute Gasteiger partial charge is 0.245 e. The highest BCUT2D eigenvalue weighted by Gasteiger charge is 2.47. The number of aldehydes is 1. The molecule has 1 aromatic carbocycles. The number of pyridine rings is 1. The van der Waals surface area contributed by atoms with Crippen LogP contribution in [0.15, 0.2) is 36.4 Å². The number of piperidine rings is 1. The number of ketones is 1. The van der Waals surface area contributed by atoms with Crippen molar-refractivity contribution in [3.05, 3.63) is 47.2 Å². The fourth-order valence-corrected chi connectivity index (χ4v) is 5.07. The largest absolute Gasteiger partial charge is 0.399 e. The van der Waals surface area contributed by atoms with Crippen LogP contribution in [0.4, 0.5) is 11.5 Å². The molecule has 36 heavy (non-hydrogen) atoms. The predicted molar refractivity (Wildman–Crippen MR) is 142 cm³/mol. The van der Waals surface area contributed by atoms with E-state index in [1.165, 1.54) is 6.92 Å². The number of likely N-dealkylation sites (tertiary alicyclic amines) is 1. The van der Waals surface area contributed by atoms with E-state index in [2.05, 4.69) is 15.4 Å². The van der Waals surface area contributed by atoms with Crippen LogP contribution in [0.1, 0.15) is 50.5 Å². The van der Waals surface area contributed by atoms with Gasteiger partial charge in [0, 0.05) is 31.1 Å². The highest BCUT2D eigenvalue weighted by molar-refractivity contribution is 6.29. The SMILES string of the molecule is CC.CC(=O)c1nn(CC(=O)N2C3CCC(C3)C2C=O)c2ccc(N)cc12.CNc1cccc(Cl)n1. The van der Waals surface area contributed by atoms with Crippen LogP contribution in [0.5, 0.6) is 0 Å². The first-order chi connectivity index (χ1) is 17.3. The van der Waals surface area contributed by atoms with Crippen molar-refractivity contribution < 1.29 is 14.4 Å². The molecular formula is C26H33ClN6O3. The van der Waals surface area contributed by atoms with Gasteiger partial charge in [-0.15, -0.1) is 0 Å². The minimum atomic E-state index is -0.323. The minimum Gasteiger partial charge on any atom is -0.399 e. The number of aromatic nitrogens is 3. The first kappa shape index (κ1) is 27.1. The molecule has 0 radical (unpaired) electrons. The van der Waals surface area contributed by atoms with Gasteiger partial charge in [-0.05, 0) is 55.5 Å². The second kappa shape index (κ2) is 12.0. The number of rotatable bonds is 5. The molecule has 3 unspecified atom stereocenters. The van der Waals surface area contributed by atoms with Crippen LogP contribution < -0.4 is 11.1 Å². The maximum Gasteiger partial charge on any atom is 0.245 e. The zero-order valence-corrected chi connectivity index (χ0v) is 21.8. The number of fused-ring (bicyclic) bond motifs is 3. The number of nitrogen functional groups attached to an aromatic ring is 1. The van der Waals surface area contributed by atoms with E-state index in [9.17, 15) is 14.4 Å². The van der Waals surface area contributed by atoms with E-state index in [0.29, 0.717) is 27.4 Å². The molecule has 0 spiro atoms. The van der Waals surface area contributed by atoms with Crippen LogP contribution in [0.25, 0.3) is 10.9 Å². The molecule has 2 aromatic heterocycles. The van der Waals surface area contributed by atoms with E-state index >= 15 is 0 Å². The molecular weight excluding hydrogens is 480 g/mol. The summed E-state index contributed by atoms with van der Waals surface area (Å²) in [5.74, 6) is 0.782. The van der Waals surface area contributed by atoms with Gasteiger partial charge >= 0.3 is 0 Å². The Balaban J connectivity index is 0.000000276. The lowest BCUT2D eigenvalue weighted by Crippen LogP contribution is -2.47. The fraction of sp³-hybridized carbons (Fsp3) is 0.423. The standard InChI is InChI=1S/C18H20N4O3.C6H7ClN2.C2H6/c1-10(24)18-14-7-12(19)3-5-15(14)21(20-18)8-17(25)22-13-4-2-11(6-13)16(22)9-23;1-8-6-4-2-3-5(7)9-6;1-2/h3,5,7,9,11,13,16H,2,4,6,8,19H2,1H3;2-4H,1H3,(H,8,9);1-2H3. The van der Waals surface area contributed by atoms with Crippen molar-refractivity contribution in [1.29, 1.82) is 0 Å². The molecule has 192 valence electrons. The highest BCUT2D eigenvalue weighted by Crippen LogP contribution is 2.41. The minimum absolute atomic E-state index is 0.0151. The number of nitrogens with one attached hydrogen (secondary N) is 1. The Hall–Kier alpha value is -3.46. The highest BCUT2D eigenvalue weighted by atomic mass is 35.5. The lowest BCUT2D eigenvalue weighted by atomic mass is 10.00. The summed E-state index contributed by atoms with van der Waals surface area (Å²) in [6.45, 7) is 5.46. The van der Waals surface area contributed by atoms with Gasteiger partial charge in [0.1, 0.15) is 29.5 Å². The molecule has 2 aliphatic rings. The molecule has 1 saturated carbocycles. The molecule has 2 fully saturated rings. The molecule has 9 nitrogen and oxygen atoms in total. The van der Waals surface area contributed by atoms with Gasteiger partial charge in [-0.2, -0.15) is 5.10 Å². The number of anilines is 2. The Bertz CT molecular complexity index is 1240. The number of hydrogen-bond acceptors (Lipinski definition) is 7. The van der Waals surface area contributed by atoms with Crippen LogP contribution in [0.2, 0.25) is 5.15 Å².